The van der Waals surface area contributed by atoms with Crippen LogP contribution in [0.25, 0.3) is 0 Å². The summed E-state index contributed by atoms with van der Waals surface area (Å²) in [7, 11) is 0. The fourth-order valence-corrected chi connectivity index (χ4v) is 2.73. The van der Waals surface area contributed by atoms with Gasteiger partial charge in [-0.05, 0) is 30.7 Å². The molecule has 0 aromatic carbocycles. The van der Waals surface area contributed by atoms with Gasteiger partial charge in [0.2, 0.25) is 0 Å². The summed E-state index contributed by atoms with van der Waals surface area (Å²) in [6, 6.07) is 2.62. The van der Waals surface area contributed by atoms with Gasteiger partial charge in [0.1, 0.15) is 6.33 Å². The molecule has 1 fully saturated rings. The highest BCUT2D eigenvalue weighted by Crippen LogP contribution is 2.28. The van der Waals surface area contributed by atoms with Crippen molar-refractivity contribution < 1.29 is 0 Å². The van der Waals surface area contributed by atoms with Crippen LogP contribution in [-0.2, 0) is 6.54 Å². The minimum atomic E-state index is 0.642. The number of hydrogen-bond donors (Lipinski definition) is 1. The van der Waals surface area contributed by atoms with Crippen molar-refractivity contribution in [1.82, 2.24) is 15.3 Å². The van der Waals surface area contributed by atoms with Crippen molar-refractivity contribution in [3.05, 3.63) is 24.3 Å². The highest BCUT2D eigenvalue weighted by molar-refractivity contribution is 4.98. The normalized spacial score (nSPS) is 30.2. The zero-order chi connectivity index (χ0) is 11.4. The quantitative estimate of drug-likeness (QED) is 0.848. The summed E-state index contributed by atoms with van der Waals surface area (Å²) < 4.78 is 0. The number of rotatable bonds is 3. The van der Waals surface area contributed by atoms with Crippen LogP contribution in [0.5, 0.6) is 0 Å². The molecule has 0 amide bonds. The second-order valence-corrected chi connectivity index (χ2v) is 4.99. The topological polar surface area (TPSA) is 37.8 Å². The predicted octanol–water partition coefficient (Wildman–Crippen LogP) is 2.39. The van der Waals surface area contributed by atoms with Crippen LogP contribution in [0.4, 0.5) is 0 Å². The summed E-state index contributed by atoms with van der Waals surface area (Å²) >= 11 is 0. The molecule has 16 heavy (non-hydrogen) atoms. The summed E-state index contributed by atoms with van der Waals surface area (Å²) in [6.07, 6.45) is 7.51. The zero-order valence-corrected chi connectivity index (χ0v) is 10.2. The van der Waals surface area contributed by atoms with E-state index in [1.807, 2.05) is 6.07 Å². The number of nitrogens with one attached hydrogen (secondary N) is 1. The van der Waals surface area contributed by atoms with E-state index in [1.165, 1.54) is 19.3 Å². The summed E-state index contributed by atoms with van der Waals surface area (Å²) in [5, 5.41) is 3.65. The molecular weight excluding hydrogens is 198 g/mol. The zero-order valence-electron chi connectivity index (χ0n) is 10.2. The average molecular weight is 219 g/mol. The number of aromatic nitrogens is 2. The fourth-order valence-electron chi connectivity index (χ4n) is 2.73. The van der Waals surface area contributed by atoms with E-state index in [4.69, 9.17) is 0 Å². The van der Waals surface area contributed by atoms with Crippen molar-refractivity contribution in [3.63, 3.8) is 0 Å². The van der Waals surface area contributed by atoms with Crippen LogP contribution in [-0.4, -0.2) is 16.0 Å². The molecule has 2 atom stereocenters. The summed E-state index contributed by atoms with van der Waals surface area (Å²) in [5.74, 6) is 1.57. The lowest BCUT2D eigenvalue weighted by Gasteiger charge is -2.35. The first-order valence-electron chi connectivity index (χ1n) is 6.25. The van der Waals surface area contributed by atoms with Gasteiger partial charge in [0, 0.05) is 18.8 Å². The molecule has 1 aliphatic rings. The number of hydrogen-bond acceptors (Lipinski definition) is 3. The Kier molecular flexibility index (Phi) is 3.88. The third-order valence-electron chi connectivity index (χ3n) is 3.71. The van der Waals surface area contributed by atoms with E-state index in [9.17, 15) is 0 Å². The standard InChI is InChI=1S/C13H21N3/c1-10-4-3-5-11(2)13(10)15-8-12-6-7-14-9-16-12/h6-7,9-11,13,15H,3-5,8H2,1-2H3. The molecular formula is C13H21N3. The van der Waals surface area contributed by atoms with Crippen LogP contribution in [0, 0.1) is 11.8 Å². The van der Waals surface area contributed by atoms with Gasteiger partial charge in [0.25, 0.3) is 0 Å². The molecule has 2 unspecified atom stereocenters. The maximum atomic E-state index is 4.24. The Hall–Kier alpha value is -0.960. The Balaban J connectivity index is 1.89. The smallest absolute Gasteiger partial charge is 0.115 e. The van der Waals surface area contributed by atoms with E-state index in [-0.39, 0.29) is 0 Å². The SMILES string of the molecule is CC1CCCC(C)C1NCc1ccncn1. The van der Waals surface area contributed by atoms with Crippen LogP contribution in [0.15, 0.2) is 18.6 Å². The largest absolute Gasteiger partial charge is 0.308 e. The van der Waals surface area contributed by atoms with Gasteiger partial charge in [0.15, 0.2) is 0 Å². The summed E-state index contributed by atoms with van der Waals surface area (Å²) in [6.45, 7) is 5.57. The number of nitrogens with zero attached hydrogens (tertiary/aromatic N) is 2. The minimum absolute atomic E-state index is 0.642. The van der Waals surface area contributed by atoms with Gasteiger partial charge in [-0.3, -0.25) is 0 Å². The molecule has 0 saturated heterocycles. The van der Waals surface area contributed by atoms with Crippen molar-refractivity contribution in [2.45, 2.75) is 45.7 Å². The molecule has 0 spiro atoms. The molecule has 1 aromatic rings. The Bertz CT molecular complexity index is 302. The molecule has 0 aliphatic heterocycles. The molecule has 1 aliphatic carbocycles. The van der Waals surface area contributed by atoms with Gasteiger partial charge < -0.3 is 5.32 Å². The van der Waals surface area contributed by atoms with E-state index in [0.717, 1.165) is 24.1 Å². The van der Waals surface area contributed by atoms with E-state index in [1.54, 1.807) is 12.5 Å². The lowest BCUT2D eigenvalue weighted by Crippen LogP contribution is -2.42. The monoisotopic (exact) mass is 219 g/mol. The van der Waals surface area contributed by atoms with Crippen LogP contribution in [0.3, 0.4) is 0 Å². The van der Waals surface area contributed by atoms with Crippen molar-refractivity contribution in [3.8, 4) is 0 Å². The van der Waals surface area contributed by atoms with E-state index in [2.05, 4.69) is 29.1 Å². The molecule has 1 N–H and O–H groups in total. The molecule has 3 nitrogen and oxygen atoms in total. The second-order valence-electron chi connectivity index (χ2n) is 4.99. The highest BCUT2D eigenvalue weighted by Gasteiger charge is 2.26. The van der Waals surface area contributed by atoms with Gasteiger partial charge in [0.05, 0.1) is 5.69 Å². The van der Waals surface area contributed by atoms with Crippen molar-refractivity contribution in [1.29, 1.82) is 0 Å². The fraction of sp³-hybridized carbons (Fsp3) is 0.692. The van der Waals surface area contributed by atoms with Gasteiger partial charge in [-0.25, -0.2) is 9.97 Å². The van der Waals surface area contributed by atoms with Gasteiger partial charge in [-0.1, -0.05) is 20.3 Å². The lowest BCUT2D eigenvalue weighted by molar-refractivity contribution is 0.207. The van der Waals surface area contributed by atoms with Crippen LogP contribution in [0.1, 0.15) is 38.8 Å². The Labute approximate surface area is 97.7 Å². The molecule has 2 rings (SSSR count). The summed E-state index contributed by atoms with van der Waals surface area (Å²) in [5.41, 5.74) is 1.08. The second kappa shape index (κ2) is 5.39. The maximum Gasteiger partial charge on any atom is 0.115 e. The molecule has 0 bridgehead atoms. The molecule has 88 valence electrons. The first-order valence-corrected chi connectivity index (χ1v) is 6.25. The summed E-state index contributed by atoms with van der Waals surface area (Å²) in [4.78, 5) is 8.17. The van der Waals surface area contributed by atoms with E-state index < -0.39 is 0 Å². The molecule has 1 saturated carbocycles. The third-order valence-corrected chi connectivity index (χ3v) is 3.71. The Morgan fingerprint density at radius 3 is 2.69 bits per heavy atom. The first kappa shape index (κ1) is 11.5. The van der Waals surface area contributed by atoms with E-state index >= 15 is 0 Å². The Morgan fingerprint density at radius 2 is 2.06 bits per heavy atom. The van der Waals surface area contributed by atoms with Crippen molar-refractivity contribution in [2.75, 3.05) is 0 Å². The van der Waals surface area contributed by atoms with Gasteiger partial charge in [-0.2, -0.15) is 0 Å². The van der Waals surface area contributed by atoms with Crippen LogP contribution < -0.4 is 5.32 Å². The van der Waals surface area contributed by atoms with Crippen LogP contribution in [0.2, 0.25) is 0 Å². The van der Waals surface area contributed by atoms with Crippen molar-refractivity contribution >= 4 is 0 Å². The van der Waals surface area contributed by atoms with Crippen molar-refractivity contribution in [2.24, 2.45) is 11.8 Å². The highest BCUT2D eigenvalue weighted by atomic mass is 15.0. The van der Waals surface area contributed by atoms with Gasteiger partial charge >= 0.3 is 0 Å². The molecule has 1 aromatic heterocycles. The van der Waals surface area contributed by atoms with Crippen LogP contribution >= 0.6 is 0 Å². The maximum absolute atomic E-state index is 4.24. The molecule has 3 heteroatoms. The molecule has 0 radical (unpaired) electrons. The van der Waals surface area contributed by atoms with Gasteiger partial charge in [-0.15, -0.1) is 0 Å². The average Bonchev–Trinajstić information content (AvgIpc) is 2.30. The molecule has 1 heterocycles. The minimum Gasteiger partial charge on any atom is -0.308 e. The van der Waals surface area contributed by atoms with E-state index in [0.29, 0.717) is 6.04 Å². The predicted molar refractivity (Wildman–Crippen MR) is 64.8 cm³/mol. The third kappa shape index (κ3) is 2.79. The first-order chi connectivity index (χ1) is 7.77. The Morgan fingerprint density at radius 1 is 1.31 bits per heavy atom. The lowest BCUT2D eigenvalue weighted by atomic mass is 9.79.